The van der Waals surface area contributed by atoms with E-state index < -0.39 is 13.9 Å². The Morgan fingerprint density at radius 1 is 1.17 bits per heavy atom. The molecule has 11 heteroatoms. The molecule has 0 aliphatic carbocycles. The Labute approximate surface area is 223 Å². The minimum absolute atomic E-state index is 0.0457. The molecule has 1 heterocycles. The van der Waals surface area contributed by atoms with Gasteiger partial charge in [0.05, 0.1) is 19.3 Å². The highest BCUT2D eigenvalue weighted by Gasteiger charge is 2.25. The largest absolute Gasteiger partial charge is 0.472 e. The Hall–Kier alpha value is -1.13. The van der Waals surface area contributed by atoms with Crippen LogP contribution in [0.5, 0.6) is 0 Å². The highest BCUT2D eigenvalue weighted by Crippen LogP contribution is 2.44. The van der Waals surface area contributed by atoms with Crippen molar-refractivity contribution >= 4 is 29.4 Å². The second kappa shape index (κ2) is 16.0. The van der Waals surface area contributed by atoms with E-state index >= 15 is 0 Å². The summed E-state index contributed by atoms with van der Waals surface area (Å²) in [6.45, 7) is 14.0. The van der Waals surface area contributed by atoms with Crippen LogP contribution in [0.3, 0.4) is 0 Å². The lowest BCUT2D eigenvalue weighted by Gasteiger charge is -2.22. The first-order valence-electron chi connectivity index (χ1n) is 12.0. The Balaban J connectivity index is 0.00000316. The molecule has 0 amide bonds. The van der Waals surface area contributed by atoms with Crippen molar-refractivity contribution in [1.29, 1.82) is 0 Å². The molecule has 0 aliphatic rings. The summed E-state index contributed by atoms with van der Waals surface area (Å²) in [5, 5.41) is 0. The molecule has 0 fully saturated rings. The first kappa shape index (κ1) is 32.9. The molecule has 2 rings (SSSR count). The van der Waals surface area contributed by atoms with Gasteiger partial charge < -0.3 is 9.63 Å². The van der Waals surface area contributed by atoms with Crippen LogP contribution in [0.15, 0.2) is 46.2 Å². The third-order valence-corrected chi connectivity index (χ3v) is 9.22. The molecule has 0 saturated carbocycles. The Morgan fingerprint density at radius 3 is 2.44 bits per heavy atom. The molecular weight excluding hydrogens is 519 g/mol. The molecule has 0 bridgehead atoms. The van der Waals surface area contributed by atoms with Gasteiger partial charge in [0.25, 0.3) is 0 Å². The summed E-state index contributed by atoms with van der Waals surface area (Å²) in [5.41, 5.74) is 1.34. The van der Waals surface area contributed by atoms with E-state index in [4.69, 9.17) is 13.8 Å². The summed E-state index contributed by atoms with van der Waals surface area (Å²) in [6, 6.07) is 9.46. The van der Waals surface area contributed by atoms with E-state index in [9.17, 15) is 14.3 Å². The summed E-state index contributed by atoms with van der Waals surface area (Å²) < 4.78 is 29.8. The third-order valence-electron chi connectivity index (χ3n) is 4.78. The number of methoxy groups -OCH3 is 1. The van der Waals surface area contributed by atoms with E-state index in [1.807, 2.05) is 45.0 Å². The number of benzene rings is 1. The molecule has 0 spiro atoms. The summed E-state index contributed by atoms with van der Waals surface area (Å²) in [5.74, 6) is 0. The SMILES string of the molecule is CC.COC(COP(=O)(O)OCCc1ccccc1SSC(C)(C)C)CC(C)n1ccc(C)nc1=O. The Morgan fingerprint density at radius 2 is 1.83 bits per heavy atom. The van der Waals surface area contributed by atoms with Gasteiger partial charge in [-0.1, -0.05) is 74.4 Å². The molecule has 2 aromatic rings. The average molecular weight is 561 g/mol. The van der Waals surface area contributed by atoms with Crippen molar-refractivity contribution in [3.8, 4) is 0 Å². The fourth-order valence-corrected chi connectivity index (χ4v) is 6.02. The highest BCUT2D eigenvalue weighted by atomic mass is 33.1. The van der Waals surface area contributed by atoms with Crippen LogP contribution in [0, 0.1) is 6.92 Å². The van der Waals surface area contributed by atoms with Crippen LogP contribution in [-0.2, 0) is 24.8 Å². The number of hydrogen-bond acceptors (Lipinski definition) is 8. The number of aryl methyl sites for hydroxylation is 1. The van der Waals surface area contributed by atoms with E-state index in [1.54, 1.807) is 40.8 Å². The van der Waals surface area contributed by atoms with Gasteiger partial charge in [-0.3, -0.25) is 13.6 Å². The van der Waals surface area contributed by atoms with E-state index in [-0.39, 0.29) is 29.7 Å². The summed E-state index contributed by atoms with van der Waals surface area (Å²) in [6.07, 6.45) is 2.06. The molecule has 8 nitrogen and oxygen atoms in total. The van der Waals surface area contributed by atoms with Gasteiger partial charge in [-0.05, 0) is 44.4 Å². The molecule has 3 atom stereocenters. The topological polar surface area (TPSA) is 99.9 Å². The van der Waals surface area contributed by atoms with Crippen LogP contribution in [0.25, 0.3) is 0 Å². The van der Waals surface area contributed by atoms with Crippen molar-refractivity contribution in [1.82, 2.24) is 9.55 Å². The molecular formula is C25H41N2O6PS2. The molecule has 0 saturated heterocycles. The third kappa shape index (κ3) is 12.4. The summed E-state index contributed by atoms with van der Waals surface area (Å²) >= 11 is 0. The monoisotopic (exact) mass is 560 g/mol. The van der Waals surface area contributed by atoms with Crippen LogP contribution in [0.1, 0.15) is 65.3 Å². The van der Waals surface area contributed by atoms with E-state index in [0.29, 0.717) is 18.5 Å². The van der Waals surface area contributed by atoms with Crippen molar-refractivity contribution in [2.75, 3.05) is 20.3 Å². The zero-order valence-corrected chi connectivity index (χ0v) is 25.1. The minimum atomic E-state index is -4.26. The first-order chi connectivity index (χ1) is 16.9. The van der Waals surface area contributed by atoms with Crippen LogP contribution >= 0.6 is 29.4 Å². The van der Waals surface area contributed by atoms with Gasteiger partial charge in [0.15, 0.2) is 0 Å². The van der Waals surface area contributed by atoms with Crippen molar-refractivity contribution < 1.29 is 23.2 Å². The summed E-state index contributed by atoms with van der Waals surface area (Å²) in [4.78, 5) is 27.2. The Kier molecular flexibility index (Phi) is 14.6. The van der Waals surface area contributed by atoms with Crippen molar-refractivity contribution in [2.24, 2.45) is 0 Å². The molecule has 1 aromatic carbocycles. The fraction of sp³-hybridized carbons (Fsp3) is 0.600. The Bertz CT molecular complexity index is 1030. The smallest absolute Gasteiger partial charge is 0.379 e. The van der Waals surface area contributed by atoms with Crippen LogP contribution < -0.4 is 5.69 Å². The van der Waals surface area contributed by atoms with Crippen LogP contribution in [0.4, 0.5) is 0 Å². The van der Waals surface area contributed by atoms with Crippen molar-refractivity contribution in [3.63, 3.8) is 0 Å². The van der Waals surface area contributed by atoms with Gasteiger partial charge in [-0.25, -0.2) is 9.36 Å². The van der Waals surface area contributed by atoms with E-state index in [1.165, 1.54) is 11.7 Å². The summed E-state index contributed by atoms with van der Waals surface area (Å²) in [7, 11) is 0.686. The predicted octanol–water partition coefficient (Wildman–Crippen LogP) is 6.46. The second-order valence-electron chi connectivity index (χ2n) is 8.94. The molecule has 1 N–H and O–H groups in total. The highest BCUT2D eigenvalue weighted by molar-refractivity contribution is 8.77. The number of phosphoric acid groups is 1. The van der Waals surface area contributed by atoms with Gasteiger partial charge >= 0.3 is 13.5 Å². The van der Waals surface area contributed by atoms with Gasteiger partial charge in [-0.2, -0.15) is 4.98 Å². The number of phosphoric ester groups is 1. The van der Waals surface area contributed by atoms with E-state index in [0.717, 1.165) is 10.5 Å². The van der Waals surface area contributed by atoms with Crippen LogP contribution in [-0.4, -0.2) is 45.6 Å². The van der Waals surface area contributed by atoms with Crippen molar-refractivity contribution in [2.45, 2.75) is 83.1 Å². The van der Waals surface area contributed by atoms with Gasteiger partial charge in [0, 0.05) is 34.7 Å². The van der Waals surface area contributed by atoms with Gasteiger partial charge in [0.2, 0.25) is 0 Å². The molecule has 36 heavy (non-hydrogen) atoms. The maximum Gasteiger partial charge on any atom is 0.472 e. The number of nitrogens with zero attached hydrogens (tertiary/aromatic N) is 2. The molecule has 204 valence electrons. The van der Waals surface area contributed by atoms with Crippen LogP contribution in [0.2, 0.25) is 0 Å². The van der Waals surface area contributed by atoms with E-state index in [2.05, 4.69) is 25.8 Å². The lowest BCUT2D eigenvalue weighted by molar-refractivity contribution is 0.0270. The average Bonchev–Trinajstić information content (AvgIpc) is 2.81. The quantitative estimate of drug-likeness (QED) is 0.218. The lowest BCUT2D eigenvalue weighted by Crippen LogP contribution is -2.29. The molecule has 0 radical (unpaired) electrons. The maximum absolute atomic E-state index is 12.4. The molecule has 0 aliphatic heterocycles. The zero-order valence-electron chi connectivity index (χ0n) is 22.6. The number of hydrogen-bond donors (Lipinski definition) is 1. The second-order valence-corrected chi connectivity index (χ2v) is 13.4. The van der Waals surface area contributed by atoms with Gasteiger partial charge in [0.1, 0.15) is 0 Å². The zero-order chi connectivity index (χ0) is 27.4. The molecule has 3 unspecified atom stereocenters. The fourth-order valence-electron chi connectivity index (χ4n) is 3.01. The number of aromatic nitrogens is 2. The number of rotatable bonds is 13. The standard InChI is InChI=1S/C23H35N2O6PS2.C2H6/c1-17-11-13-25(22(26)24-17)18(2)15-20(29-6)16-31-32(27,28)30-14-12-19-9-7-8-10-21(19)33-34-23(3,4)5;1-2/h7-11,13,18,20H,12,14-16H2,1-6H3,(H,27,28);1-2H3. The first-order valence-corrected chi connectivity index (χ1v) is 15.7. The normalized spacial score (nSPS) is 14.9. The molecule has 1 aromatic heterocycles. The predicted molar refractivity (Wildman–Crippen MR) is 150 cm³/mol. The minimum Gasteiger partial charge on any atom is -0.379 e. The lowest BCUT2D eigenvalue weighted by atomic mass is 10.1. The maximum atomic E-state index is 12.4. The van der Waals surface area contributed by atoms with Crippen molar-refractivity contribution in [3.05, 3.63) is 58.3 Å². The van der Waals surface area contributed by atoms with Gasteiger partial charge in [-0.15, -0.1) is 0 Å². The number of ether oxygens (including phenoxy) is 1.